The van der Waals surface area contributed by atoms with Gasteiger partial charge in [-0.15, -0.1) is 0 Å². The maximum atomic E-state index is 13.5. The second kappa shape index (κ2) is 21.5. The molecule has 0 aliphatic carbocycles. The molecule has 11 N–H and O–H groups in total. The number of carbonyl (C=O) groups is 3. The topological polar surface area (TPSA) is 406 Å². The Hall–Kier alpha value is -6.33. The maximum absolute atomic E-state index is 13.5. The third-order valence-corrected chi connectivity index (χ3v) is 11.7. The number of benzene rings is 2. The summed E-state index contributed by atoms with van der Waals surface area (Å²) in [7, 11) is -10.6. The molecule has 31 heteroatoms. The Bertz CT molecular complexity index is 2800. The molecule has 1 unspecified atom stereocenters. The summed E-state index contributed by atoms with van der Waals surface area (Å²) in [5.41, 5.74) is 12.2. The van der Waals surface area contributed by atoms with Gasteiger partial charge in [0.05, 0.1) is 32.4 Å². The summed E-state index contributed by atoms with van der Waals surface area (Å²) >= 11 is 0. The van der Waals surface area contributed by atoms with Gasteiger partial charge in [-0.05, 0) is 41.5 Å². The molecular weight excluding hydrogens is 965 g/mol. The fourth-order valence-corrected chi connectivity index (χ4v) is 8.30. The number of fused-ring (bicyclic) bond motifs is 1. The minimum absolute atomic E-state index is 0.0225. The standard InChI is InChI=1S/C38H43FN10O18P2/c39-21-5-1-19(2-6-21)13-26(50)46-22-7-3-20(4-8-22)14-61-38(55)42-11-9-27(51)66-31-23(64-36(29(31)52)49-18-45-28-33(41)43-17-44-34(28)49)16-63-69(59,60)67-32-24(15-62-68(56,57)58)65-35(30(32)53)48-12-10-25(40)47-37(48)54/h1-8,10,12,17-18,23-24,29-32,35-36,52-53H,9,11,13-16H2,(H,42,55)(H,46,50)(H,59,60)(H2,40,47,54)(H2,41,43,44)(H2,56,57,58)/t23-,24-,29-,30-,31-,32-,35-,36-/m1/s1. The van der Waals surface area contributed by atoms with Gasteiger partial charge in [-0.2, -0.15) is 4.98 Å². The number of rotatable bonds is 19. The molecule has 3 aromatic heterocycles. The Balaban J connectivity index is 0.958. The number of aliphatic hydroxyl groups excluding tert-OH is 2. The predicted molar refractivity (Wildman–Crippen MR) is 229 cm³/mol. The van der Waals surface area contributed by atoms with Gasteiger partial charge in [-0.25, -0.2) is 38.1 Å². The van der Waals surface area contributed by atoms with Gasteiger partial charge in [0.2, 0.25) is 5.91 Å². The summed E-state index contributed by atoms with van der Waals surface area (Å²) in [6, 6.07) is 13.0. The number of halogens is 1. The molecule has 5 heterocycles. The lowest BCUT2D eigenvalue weighted by Crippen LogP contribution is -2.39. The summed E-state index contributed by atoms with van der Waals surface area (Å²) in [5.74, 6) is -1.98. The number of amides is 2. The third kappa shape index (κ3) is 13.1. The second-order valence-electron chi connectivity index (χ2n) is 15.1. The molecule has 0 saturated carbocycles. The highest BCUT2D eigenvalue weighted by atomic mass is 31.2. The largest absolute Gasteiger partial charge is 0.472 e. The van der Waals surface area contributed by atoms with Crippen LogP contribution in [0.3, 0.4) is 0 Å². The third-order valence-electron chi connectivity index (χ3n) is 10.2. The summed E-state index contributed by atoms with van der Waals surface area (Å²) in [6.07, 6.45) is -11.9. The summed E-state index contributed by atoms with van der Waals surface area (Å²) in [5, 5.41) is 27.7. The number of hydrogen-bond donors (Lipinski definition) is 9. The number of imidazole rings is 1. The number of nitrogens with zero attached hydrogens (tertiary/aromatic N) is 6. The first-order valence-electron chi connectivity index (χ1n) is 20.3. The van der Waals surface area contributed by atoms with Crippen LogP contribution in [0.15, 0.2) is 78.2 Å². The van der Waals surface area contributed by atoms with E-state index >= 15 is 0 Å². The molecule has 7 rings (SSSR count). The Morgan fingerprint density at radius 2 is 1.49 bits per heavy atom. The van der Waals surface area contributed by atoms with Crippen LogP contribution in [0.2, 0.25) is 0 Å². The average Bonchev–Trinajstić information content (AvgIpc) is 3.95. The quantitative estimate of drug-likeness (QED) is 0.0386. The molecule has 2 saturated heterocycles. The first-order valence-corrected chi connectivity index (χ1v) is 23.3. The van der Waals surface area contributed by atoms with Crippen molar-refractivity contribution in [3.63, 3.8) is 0 Å². The molecule has 28 nitrogen and oxygen atoms in total. The molecule has 69 heavy (non-hydrogen) atoms. The zero-order valence-corrected chi connectivity index (χ0v) is 37.2. The van der Waals surface area contributed by atoms with E-state index in [0.29, 0.717) is 16.8 Å². The van der Waals surface area contributed by atoms with Gasteiger partial charge in [0, 0.05) is 18.4 Å². The van der Waals surface area contributed by atoms with E-state index in [1.807, 2.05) is 0 Å². The lowest BCUT2D eigenvalue weighted by atomic mass is 10.1. The Morgan fingerprint density at radius 3 is 2.19 bits per heavy atom. The zero-order chi connectivity index (χ0) is 49.6. The van der Waals surface area contributed by atoms with Gasteiger partial charge >= 0.3 is 33.4 Å². The predicted octanol–water partition coefficient (Wildman–Crippen LogP) is -0.0757. The lowest BCUT2D eigenvalue weighted by molar-refractivity contribution is -0.156. The van der Waals surface area contributed by atoms with E-state index < -0.39 is 108 Å². The zero-order valence-electron chi connectivity index (χ0n) is 35.4. The molecular formula is C38H43FN10O18P2. The average molecular weight is 1010 g/mol. The highest BCUT2D eigenvalue weighted by Gasteiger charge is 2.52. The van der Waals surface area contributed by atoms with E-state index in [9.17, 15) is 57.6 Å². The number of ether oxygens (including phenoxy) is 4. The van der Waals surface area contributed by atoms with Gasteiger partial charge in [-0.3, -0.25) is 32.3 Å². The SMILES string of the molecule is Nc1ccn([C@@H]2O[C@H](COP(=O)(O)O)[C@@H](OP(=O)(O)OC[C@H]3O[C@@H](n4cnc5c(N)ncnc54)[C@H](O)[C@@H]3OC(=O)CCNC(=O)OCc3ccc(NC(=O)Cc4ccc(F)cc4)cc3)[C@H]2O)c(=O)n1. The monoisotopic (exact) mass is 1010 g/mol. The van der Waals surface area contributed by atoms with Crippen LogP contribution >= 0.6 is 15.6 Å². The Labute approximate surface area is 387 Å². The number of anilines is 3. The molecule has 0 spiro atoms. The fraction of sp³-hybridized carbons (Fsp3) is 0.368. The van der Waals surface area contributed by atoms with Crippen LogP contribution in [0, 0.1) is 5.82 Å². The summed E-state index contributed by atoms with van der Waals surface area (Å²) in [4.78, 5) is 95.6. The van der Waals surface area contributed by atoms with Crippen LogP contribution in [-0.2, 0) is 64.3 Å². The van der Waals surface area contributed by atoms with Crippen molar-refractivity contribution in [2.45, 2.75) is 68.5 Å². The number of phosphoric ester groups is 2. The molecule has 2 amide bonds. The summed E-state index contributed by atoms with van der Waals surface area (Å²) in [6.45, 7) is -2.53. The van der Waals surface area contributed by atoms with E-state index in [1.165, 1.54) is 35.2 Å². The smallest absolute Gasteiger partial charge is 0.456 e. The fourth-order valence-electron chi connectivity index (χ4n) is 7.00. The van der Waals surface area contributed by atoms with E-state index in [2.05, 4.69) is 35.1 Å². The number of esters is 1. The molecule has 9 atom stereocenters. The molecule has 2 aromatic carbocycles. The van der Waals surface area contributed by atoms with Gasteiger partial charge < -0.3 is 65.9 Å². The lowest BCUT2D eigenvalue weighted by Gasteiger charge is -2.25. The van der Waals surface area contributed by atoms with Crippen LogP contribution in [0.25, 0.3) is 11.2 Å². The van der Waals surface area contributed by atoms with Gasteiger partial charge in [-0.1, -0.05) is 24.3 Å². The van der Waals surface area contributed by atoms with E-state index in [0.717, 1.165) is 23.2 Å². The molecule has 0 bridgehead atoms. The van der Waals surface area contributed by atoms with E-state index in [-0.39, 0.29) is 48.3 Å². The van der Waals surface area contributed by atoms with Gasteiger partial charge in [0.1, 0.15) is 60.6 Å². The van der Waals surface area contributed by atoms with Crippen molar-refractivity contribution in [3.05, 3.63) is 101 Å². The normalized spacial score (nSPS) is 23.3. The van der Waals surface area contributed by atoms with Crippen molar-refractivity contribution in [3.8, 4) is 0 Å². The van der Waals surface area contributed by atoms with Gasteiger partial charge in [0.25, 0.3) is 0 Å². The van der Waals surface area contributed by atoms with Crippen molar-refractivity contribution in [1.82, 2.24) is 34.4 Å². The van der Waals surface area contributed by atoms with Crippen molar-refractivity contribution >= 4 is 62.1 Å². The molecule has 370 valence electrons. The number of nitrogens with one attached hydrogen (secondary N) is 2. The second-order valence-corrected chi connectivity index (χ2v) is 17.8. The van der Waals surface area contributed by atoms with Crippen molar-refractivity contribution in [1.29, 1.82) is 0 Å². The number of nitrogens with two attached hydrogens (primary N) is 2. The Morgan fingerprint density at radius 1 is 0.841 bits per heavy atom. The van der Waals surface area contributed by atoms with Crippen LogP contribution in [0.5, 0.6) is 0 Å². The van der Waals surface area contributed by atoms with Gasteiger partial charge in [0.15, 0.2) is 30.0 Å². The van der Waals surface area contributed by atoms with Crippen LogP contribution in [-0.4, -0.2) is 128 Å². The highest BCUT2D eigenvalue weighted by molar-refractivity contribution is 7.47. The number of aliphatic hydroxyl groups is 2. The van der Waals surface area contributed by atoms with Crippen molar-refractivity contribution < 1.29 is 85.3 Å². The van der Waals surface area contributed by atoms with Crippen LogP contribution < -0.4 is 27.8 Å². The molecule has 2 aliphatic heterocycles. The minimum atomic E-state index is -5.42. The number of nitrogen functional groups attached to an aromatic ring is 2. The Kier molecular flexibility index (Phi) is 15.8. The molecule has 2 aliphatic rings. The number of hydrogen-bond acceptors (Lipinski definition) is 21. The number of carbonyl (C=O) groups excluding carboxylic acids is 3. The highest BCUT2D eigenvalue weighted by Crippen LogP contribution is 2.50. The first kappa shape index (κ1) is 50.5. The number of phosphoric acid groups is 2. The molecule has 0 radical (unpaired) electrons. The van der Waals surface area contributed by atoms with Crippen molar-refractivity contribution in [2.24, 2.45) is 0 Å². The number of aromatic nitrogens is 6. The first-order chi connectivity index (χ1) is 32.7. The van der Waals surface area contributed by atoms with E-state index in [4.69, 9.17) is 39.5 Å². The van der Waals surface area contributed by atoms with Crippen LogP contribution in [0.1, 0.15) is 30.0 Å². The maximum Gasteiger partial charge on any atom is 0.472 e. The van der Waals surface area contributed by atoms with Crippen molar-refractivity contribution in [2.75, 3.05) is 36.5 Å². The van der Waals surface area contributed by atoms with Crippen LogP contribution in [0.4, 0.5) is 26.5 Å². The van der Waals surface area contributed by atoms with E-state index in [1.54, 1.807) is 24.3 Å². The molecule has 5 aromatic rings. The minimum Gasteiger partial charge on any atom is -0.456 e. The summed E-state index contributed by atoms with van der Waals surface area (Å²) < 4.78 is 77.2. The molecule has 2 fully saturated rings. The number of alkyl carbamates (subject to hydrolysis) is 1.